The maximum atomic E-state index is 13.4. The van der Waals surface area contributed by atoms with Crippen LogP contribution in [0.25, 0.3) is 0 Å². The van der Waals surface area contributed by atoms with Crippen molar-refractivity contribution in [3.05, 3.63) is 35.5 Å². The predicted octanol–water partition coefficient (Wildman–Crippen LogP) is 5.03. The van der Waals surface area contributed by atoms with Crippen LogP contribution in [0, 0.1) is 29.6 Å². The van der Waals surface area contributed by atoms with Crippen molar-refractivity contribution in [2.24, 2.45) is 29.6 Å². The van der Waals surface area contributed by atoms with E-state index in [1.54, 1.807) is 26.0 Å². The number of hydrogen-bond acceptors (Lipinski definition) is 8. The summed E-state index contributed by atoms with van der Waals surface area (Å²) in [5.41, 5.74) is 1.89. The molecule has 0 fully saturated rings. The Morgan fingerprint density at radius 3 is 2.38 bits per heavy atom. The van der Waals surface area contributed by atoms with Crippen molar-refractivity contribution in [1.82, 2.24) is 0 Å². The predicted molar refractivity (Wildman–Crippen MR) is 163 cm³/mol. The second-order valence-corrected chi connectivity index (χ2v) is 13.1. The summed E-state index contributed by atoms with van der Waals surface area (Å²) in [6.45, 7) is 14.9. The van der Waals surface area contributed by atoms with Gasteiger partial charge in [0.05, 0.1) is 24.7 Å². The molecule has 11 atom stereocenters. The number of hydrogen-bond donors (Lipinski definition) is 4. The van der Waals surface area contributed by atoms with Gasteiger partial charge in [0.15, 0.2) is 5.79 Å². The van der Waals surface area contributed by atoms with Gasteiger partial charge < -0.3 is 29.9 Å². The molecule has 240 valence electrons. The number of ether oxygens (including phenoxy) is 2. The number of aliphatic hydroxyl groups is 4. The highest BCUT2D eigenvalue weighted by atomic mass is 16.6. The van der Waals surface area contributed by atoms with Gasteiger partial charge in [0.25, 0.3) is 0 Å². The Morgan fingerprint density at radius 1 is 1.10 bits per heavy atom. The molecule has 0 amide bonds. The van der Waals surface area contributed by atoms with Crippen LogP contribution in [0.3, 0.4) is 0 Å². The van der Waals surface area contributed by atoms with Crippen molar-refractivity contribution < 1.29 is 39.5 Å². The zero-order valence-corrected chi connectivity index (χ0v) is 27.0. The molecule has 11 unspecified atom stereocenters. The maximum absolute atomic E-state index is 13.4. The summed E-state index contributed by atoms with van der Waals surface area (Å²) >= 11 is 0. The van der Waals surface area contributed by atoms with Crippen molar-refractivity contribution in [2.45, 2.75) is 137 Å². The molecule has 0 aromatic heterocycles. The van der Waals surface area contributed by atoms with E-state index in [4.69, 9.17) is 9.47 Å². The molecule has 0 spiro atoms. The molecule has 0 saturated carbocycles. The Bertz CT molecular complexity index is 986. The first-order valence-corrected chi connectivity index (χ1v) is 15.8. The first-order valence-electron chi connectivity index (χ1n) is 15.8. The largest absolute Gasteiger partial charge is 0.462 e. The zero-order chi connectivity index (χ0) is 31.8. The van der Waals surface area contributed by atoms with E-state index < -0.39 is 54.1 Å². The van der Waals surface area contributed by atoms with Gasteiger partial charge in [-0.2, -0.15) is 0 Å². The lowest BCUT2D eigenvalue weighted by atomic mass is 9.78. The summed E-state index contributed by atoms with van der Waals surface area (Å²) in [4.78, 5) is 25.6. The summed E-state index contributed by atoms with van der Waals surface area (Å²) in [6.07, 6.45) is 6.51. The van der Waals surface area contributed by atoms with Crippen molar-refractivity contribution in [2.75, 3.05) is 0 Å². The minimum atomic E-state index is -1.73. The van der Waals surface area contributed by atoms with E-state index in [9.17, 15) is 30.0 Å². The van der Waals surface area contributed by atoms with Gasteiger partial charge in [0.2, 0.25) is 0 Å². The van der Waals surface area contributed by atoms with Gasteiger partial charge in [-0.1, -0.05) is 65.8 Å². The minimum Gasteiger partial charge on any atom is -0.462 e. The van der Waals surface area contributed by atoms with Crippen LogP contribution in [0.1, 0.15) is 100 Å². The summed E-state index contributed by atoms with van der Waals surface area (Å²) in [5.74, 6) is -4.25. The number of Topliss-reactive ketones (excluding diaryl/α,β-unsaturated/α-hetero) is 1. The average Bonchev–Trinajstić information content (AvgIpc) is 2.95. The fourth-order valence-corrected chi connectivity index (χ4v) is 6.33. The zero-order valence-electron chi connectivity index (χ0n) is 27.0. The molecule has 0 aromatic rings. The third-order valence-electron chi connectivity index (χ3n) is 9.25. The normalized spacial score (nSPS) is 35.0. The van der Waals surface area contributed by atoms with Gasteiger partial charge >= 0.3 is 5.97 Å². The molecule has 42 heavy (non-hydrogen) atoms. The highest BCUT2D eigenvalue weighted by molar-refractivity contribution is 5.80. The topological polar surface area (TPSA) is 134 Å². The molecule has 0 radical (unpaired) electrons. The lowest BCUT2D eigenvalue weighted by Crippen LogP contribution is -2.45. The Kier molecular flexibility index (Phi) is 14.1. The summed E-state index contributed by atoms with van der Waals surface area (Å²) in [7, 11) is 0. The molecular formula is C34H56O8. The molecule has 0 saturated heterocycles. The first-order chi connectivity index (χ1) is 19.6. The first kappa shape index (κ1) is 36.4. The highest BCUT2D eigenvalue weighted by Crippen LogP contribution is 2.35. The SMILES string of the molecule is CCC(=O)C(C)C(O)C(C)CC(C)C1OC(=O)CC2(O)CC=C(C)C(O2)C(C)=CCCCC(O)C=CC(C)C(O)C1C. The van der Waals surface area contributed by atoms with Crippen LogP contribution in [-0.4, -0.2) is 68.5 Å². The molecular weight excluding hydrogens is 536 g/mol. The molecule has 0 aromatic carbocycles. The quantitative estimate of drug-likeness (QED) is 0.239. The summed E-state index contributed by atoms with van der Waals surface area (Å²) in [6, 6.07) is 0. The molecule has 2 rings (SSSR count). The number of carbonyl (C=O) groups excluding carboxylic acids is 2. The Morgan fingerprint density at radius 2 is 1.74 bits per heavy atom. The minimum absolute atomic E-state index is 0.00960. The summed E-state index contributed by atoms with van der Waals surface area (Å²) < 4.78 is 12.1. The van der Waals surface area contributed by atoms with Gasteiger partial charge in [-0.3, -0.25) is 9.59 Å². The van der Waals surface area contributed by atoms with Crippen LogP contribution in [0.2, 0.25) is 0 Å². The van der Waals surface area contributed by atoms with Crippen molar-refractivity contribution in [1.29, 1.82) is 0 Å². The summed E-state index contributed by atoms with van der Waals surface area (Å²) in [5, 5.41) is 44.0. The Labute approximate surface area is 252 Å². The van der Waals surface area contributed by atoms with E-state index in [-0.39, 0.29) is 36.4 Å². The molecule has 2 bridgehead atoms. The Hall–Kier alpha value is -1.84. The van der Waals surface area contributed by atoms with Crippen LogP contribution < -0.4 is 0 Å². The molecule has 4 N–H and O–H groups in total. The molecule has 2 heterocycles. The molecule has 0 aliphatic carbocycles. The smallest absolute Gasteiger partial charge is 0.311 e. The number of aliphatic hydroxyl groups excluding tert-OH is 3. The van der Waals surface area contributed by atoms with Crippen LogP contribution >= 0.6 is 0 Å². The fraction of sp³-hybridized carbons (Fsp3) is 0.765. The van der Waals surface area contributed by atoms with E-state index in [0.717, 1.165) is 24.0 Å². The number of rotatable bonds is 7. The Balaban J connectivity index is 2.37. The molecule has 2 aliphatic heterocycles. The van der Waals surface area contributed by atoms with Crippen molar-refractivity contribution in [3.8, 4) is 0 Å². The van der Waals surface area contributed by atoms with E-state index >= 15 is 0 Å². The average molecular weight is 593 g/mol. The van der Waals surface area contributed by atoms with Crippen LogP contribution in [0.4, 0.5) is 0 Å². The number of cyclic esters (lactones) is 1. The van der Waals surface area contributed by atoms with Crippen molar-refractivity contribution >= 4 is 11.8 Å². The van der Waals surface area contributed by atoms with Gasteiger partial charge in [0, 0.05) is 30.6 Å². The second kappa shape index (κ2) is 16.3. The number of allylic oxidation sites excluding steroid dienone is 1. The maximum Gasteiger partial charge on any atom is 0.311 e. The standard InChI is InChI=1S/C34H56O8/c1-9-28(36)25(7)31(39)23(5)18-24(6)33-26(8)30(38)20(2)14-15-27(35)13-11-10-12-21(3)32-22(4)16-17-34(40,42-32)19-29(37)41-33/h12,14-16,20,23-27,30-33,35,38-40H,9-11,13,17-19H2,1-8H3. The van der Waals surface area contributed by atoms with Gasteiger partial charge in [-0.15, -0.1) is 0 Å². The van der Waals surface area contributed by atoms with Crippen LogP contribution in [-0.2, 0) is 19.1 Å². The van der Waals surface area contributed by atoms with Gasteiger partial charge in [0.1, 0.15) is 18.0 Å². The van der Waals surface area contributed by atoms with E-state index in [1.165, 1.54) is 0 Å². The van der Waals surface area contributed by atoms with E-state index in [0.29, 0.717) is 19.3 Å². The number of ketones is 1. The van der Waals surface area contributed by atoms with Crippen molar-refractivity contribution in [3.63, 3.8) is 0 Å². The van der Waals surface area contributed by atoms with E-state index in [1.807, 2.05) is 53.7 Å². The van der Waals surface area contributed by atoms with Gasteiger partial charge in [-0.25, -0.2) is 0 Å². The lowest BCUT2D eigenvalue weighted by Gasteiger charge is -2.38. The highest BCUT2D eigenvalue weighted by Gasteiger charge is 2.41. The van der Waals surface area contributed by atoms with Crippen LogP contribution in [0.15, 0.2) is 35.5 Å². The molecule has 8 nitrogen and oxygen atoms in total. The molecule has 2 aliphatic rings. The number of fused-ring (bicyclic) bond motifs is 2. The second-order valence-electron chi connectivity index (χ2n) is 13.1. The monoisotopic (exact) mass is 592 g/mol. The van der Waals surface area contributed by atoms with E-state index in [2.05, 4.69) is 0 Å². The molecule has 8 heteroatoms. The lowest BCUT2D eigenvalue weighted by molar-refractivity contribution is -0.230. The van der Waals surface area contributed by atoms with Crippen LogP contribution in [0.5, 0.6) is 0 Å². The van der Waals surface area contributed by atoms with Gasteiger partial charge in [-0.05, 0) is 62.5 Å². The number of esters is 1. The third-order valence-corrected chi connectivity index (χ3v) is 9.25. The third kappa shape index (κ3) is 10.1. The fourth-order valence-electron chi connectivity index (χ4n) is 6.33. The number of carbonyl (C=O) groups is 2.